The van der Waals surface area contributed by atoms with Crippen molar-refractivity contribution in [3.05, 3.63) is 11.8 Å². The molecular weight excluding hydrogens is 212 g/mol. The number of nitrogens with two attached hydrogens (primary N) is 1. The quantitative estimate of drug-likeness (QED) is 0.823. The molecular formula is C13H22N4. The van der Waals surface area contributed by atoms with Crippen LogP contribution in [-0.4, -0.2) is 29.3 Å². The fraction of sp³-hybridized carbons (Fsp3) is 0.769. The first-order valence-corrected chi connectivity index (χ1v) is 6.89. The molecule has 1 aliphatic heterocycles. The molecule has 0 radical (unpaired) electrons. The number of piperidine rings is 1. The van der Waals surface area contributed by atoms with Crippen molar-refractivity contribution in [1.82, 2.24) is 10.2 Å². The van der Waals surface area contributed by atoms with E-state index >= 15 is 0 Å². The van der Waals surface area contributed by atoms with E-state index in [9.17, 15) is 0 Å². The highest BCUT2D eigenvalue weighted by Gasteiger charge is 2.22. The Kier molecular flexibility index (Phi) is 3.05. The van der Waals surface area contributed by atoms with E-state index in [0.717, 1.165) is 31.2 Å². The van der Waals surface area contributed by atoms with Crippen molar-refractivity contribution in [2.75, 3.05) is 18.0 Å². The number of hydrogen-bond acceptors (Lipinski definition) is 3. The van der Waals surface area contributed by atoms with Crippen LogP contribution in [0, 0.1) is 0 Å². The van der Waals surface area contributed by atoms with Crippen molar-refractivity contribution in [1.29, 1.82) is 0 Å². The average Bonchev–Trinajstić information content (AvgIpc) is 3.00. The topological polar surface area (TPSA) is 57.9 Å². The lowest BCUT2D eigenvalue weighted by molar-refractivity contribution is 0.503. The minimum atomic E-state index is 0.315. The predicted octanol–water partition coefficient (Wildman–Crippen LogP) is 1.99. The van der Waals surface area contributed by atoms with E-state index in [2.05, 4.69) is 21.2 Å². The number of hydrogen-bond donors (Lipinski definition) is 2. The molecule has 3 rings (SSSR count). The molecule has 94 valence electrons. The molecule has 1 aliphatic carbocycles. The molecule has 3 N–H and O–H groups in total. The van der Waals surface area contributed by atoms with Crippen LogP contribution in [0.5, 0.6) is 0 Å². The van der Waals surface area contributed by atoms with Crippen molar-refractivity contribution < 1.29 is 0 Å². The van der Waals surface area contributed by atoms with Gasteiger partial charge in [0.15, 0.2) is 5.82 Å². The Balaban J connectivity index is 1.70. The fourth-order valence-electron chi connectivity index (χ4n) is 3.15. The number of rotatable bonds is 2. The number of anilines is 1. The van der Waals surface area contributed by atoms with Gasteiger partial charge < -0.3 is 10.6 Å². The zero-order valence-corrected chi connectivity index (χ0v) is 10.4. The second-order valence-electron chi connectivity index (χ2n) is 5.51. The summed E-state index contributed by atoms with van der Waals surface area (Å²) in [6, 6.07) is 2.56. The van der Waals surface area contributed by atoms with Gasteiger partial charge in [-0.1, -0.05) is 12.8 Å². The van der Waals surface area contributed by atoms with E-state index in [-0.39, 0.29) is 0 Å². The Bertz CT molecular complexity index is 367. The molecule has 2 aliphatic rings. The van der Waals surface area contributed by atoms with Gasteiger partial charge >= 0.3 is 0 Å². The summed E-state index contributed by atoms with van der Waals surface area (Å²) in [7, 11) is 0. The maximum atomic E-state index is 6.01. The first-order chi connectivity index (χ1) is 8.33. The van der Waals surface area contributed by atoms with E-state index in [1.165, 1.54) is 37.8 Å². The number of nitrogens with zero attached hydrogens (tertiary/aromatic N) is 2. The molecule has 17 heavy (non-hydrogen) atoms. The van der Waals surface area contributed by atoms with Gasteiger partial charge in [0.25, 0.3) is 0 Å². The van der Waals surface area contributed by atoms with E-state index in [1.54, 1.807) is 0 Å². The Labute approximate surface area is 103 Å². The minimum Gasteiger partial charge on any atom is -0.354 e. The standard InChI is InChI=1S/C13H22N4/c14-11-6-3-7-17(9-11)13-8-12(15-16-13)10-4-1-2-5-10/h8,10-11H,1-7,9,14H2,(H,15,16). The molecule has 0 amide bonds. The van der Waals surface area contributed by atoms with Crippen LogP contribution in [0.3, 0.4) is 0 Å². The van der Waals surface area contributed by atoms with Crippen molar-refractivity contribution in [3.63, 3.8) is 0 Å². The monoisotopic (exact) mass is 234 g/mol. The van der Waals surface area contributed by atoms with Gasteiger partial charge in [0.1, 0.15) is 0 Å². The molecule has 2 fully saturated rings. The Hall–Kier alpha value is -1.03. The van der Waals surface area contributed by atoms with Gasteiger partial charge in [0.05, 0.1) is 0 Å². The van der Waals surface area contributed by atoms with Crippen molar-refractivity contribution in [2.45, 2.75) is 50.5 Å². The van der Waals surface area contributed by atoms with E-state index in [1.807, 2.05) is 0 Å². The molecule has 1 aromatic rings. The highest BCUT2D eigenvalue weighted by molar-refractivity contribution is 5.41. The summed E-state index contributed by atoms with van der Waals surface area (Å²) in [5.41, 5.74) is 7.34. The summed E-state index contributed by atoms with van der Waals surface area (Å²) in [6.07, 6.45) is 7.71. The Morgan fingerprint density at radius 2 is 2.06 bits per heavy atom. The second-order valence-corrected chi connectivity index (χ2v) is 5.51. The van der Waals surface area contributed by atoms with Crippen LogP contribution in [0.15, 0.2) is 6.07 Å². The highest BCUT2D eigenvalue weighted by Crippen LogP contribution is 2.34. The largest absolute Gasteiger partial charge is 0.354 e. The predicted molar refractivity (Wildman–Crippen MR) is 69.2 cm³/mol. The van der Waals surface area contributed by atoms with Gasteiger partial charge in [-0.25, -0.2) is 0 Å². The van der Waals surface area contributed by atoms with E-state index < -0.39 is 0 Å². The molecule has 1 aromatic heterocycles. The summed E-state index contributed by atoms with van der Waals surface area (Å²) in [6.45, 7) is 2.05. The van der Waals surface area contributed by atoms with Crippen LogP contribution in [0.25, 0.3) is 0 Å². The number of nitrogens with one attached hydrogen (secondary N) is 1. The fourth-order valence-corrected chi connectivity index (χ4v) is 3.15. The van der Waals surface area contributed by atoms with Crippen LogP contribution in [-0.2, 0) is 0 Å². The molecule has 4 nitrogen and oxygen atoms in total. The lowest BCUT2D eigenvalue weighted by atomic mass is 10.0. The van der Waals surface area contributed by atoms with Gasteiger partial charge in [-0.3, -0.25) is 5.10 Å². The van der Waals surface area contributed by atoms with Crippen LogP contribution in [0.4, 0.5) is 5.82 Å². The molecule has 0 spiro atoms. The molecule has 2 heterocycles. The van der Waals surface area contributed by atoms with Crippen molar-refractivity contribution >= 4 is 5.82 Å². The normalized spacial score (nSPS) is 26.6. The zero-order chi connectivity index (χ0) is 11.7. The summed E-state index contributed by atoms with van der Waals surface area (Å²) in [5, 5.41) is 7.69. The molecule has 0 bridgehead atoms. The molecule has 0 aromatic carbocycles. The number of aromatic amines is 1. The van der Waals surface area contributed by atoms with Gasteiger partial charge in [-0.2, -0.15) is 5.10 Å². The Morgan fingerprint density at radius 3 is 2.82 bits per heavy atom. The van der Waals surface area contributed by atoms with Crippen LogP contribution in [0.1, 0.15) is 50.1 Å². The van der Waals surface area contributed by atoms with Gasteiger partial charge in [-0.05, 0) is 25.7 Å². The molecule has 1 unspecified atom stereocenters. The zero-order valence-electron chi connectivity index (χ0n) is 10.4. The highest BCUT2D eigenvalue weighted by atomic mass is 15.3. The minimum absolute atomic E-state index is 0.315. The van der Waals surface area contributed by atoms with Crippen LogP contribution in [0.2, 0.25) is 0 Å². The third kappa shape index (κ3) is 2.32. The third-order valence-corrected chi connectivity index (χ3v) is 4.16. The van der Waals surface area contributed by atoms with Crippen LogP contribution >= 0.6 is 0 Å². The summed E-state index contributed by atoms with van der Waals surface area (Å²) in [4.78, 5) is 2.32. The first-order valence-electron chi connectivity index (χ1n) is 6.89. The summed E-state index contributed by atoms with van der Waals surface area (Å²) >= 11 is 0. The maximum absolute atomic E-state index is 6.01. The average molecular weight is 234 g/mol. The SMILES string of the molecule is NC1CCCN(c2cc(C3CCCC3)[nH]n2)C1. The van der Waals surface area contributed by atoms with Gasteiger partial charge in [0, 0.05) is 36.8 Å². The van der Waals surface area contributed by atoms with Gasteiger partial charge in [0.2, 0.25) is 0 Å². The van der Waals surface area contributed by atoms with Crippen molar-refractivity contribution in [2.24, 2.45) is 5.73 Å². The lowest BCUT2D eigenvalue weighted by Crippen LogP contribution is -2.43. The molecule has 1 atom stereocenters. The molecule has 1 saturated heterocycles. The second kappa shape index (κ2) is 4.69. The van der Waals surface area contributed by atoms with Crippen molar-refractivity contribution in [3.8, 4) is 0 Å². The van der Waals surface area contributed by atoms with Gasteiger partial charge in [-0.15, -0.1) is 0 Å². The maximum Gasteiger partial charge on any atom is 0.150 e. The summed E-state index contributed by atoms with van der Waals surface area (Å²) < 4.78 is 0. The smallest absolute Gasteiger partial charge is 0.150 e. The lowest BCUT2D eigenvalue weighted by Gasteiger charge is -2.30. The number of H-pyrrole nitrogens is 1. The number of aromatic nitrogens is 2. The van der Waals surface area contributed by atoms with E-state index in [4.69, 9.17) is 5.73 Å². The summed E-state index contributed by atoms with van der Waals surface area (Å²) in [5.74, 6) is 1.82. The third-order valence-electron chi connectivity index (χ3n) is 4.16. The first kappa shape index (κ1) is 11.1. The van der Waals surface area contributed by atoms with Crippen LogP contribution < -0.4 is 10.6 Å². The Morgan fingerprint density at radius 1 is 1.24 bits per heavy atom. The molecule has 4 heteroatoms. The molecule has 1 saturated carbocycles. The van der Waals surface area contributed by atoms with E-state index in [0.29, 0.717) is 6.04 Å².